The topological polar surface area (TPSA) is 105 Å². The molecular weight excluding hydrogens is 448 g/mol. The molecular formula is C27H32N2O6. The third kappa shape index (κ3) is 5.32. The Labute approximate surface area is 205 Å². The van der Waals surface area contributed by atoms with Crippen LogP contribution in [-0.4, -0.2) is 66.4 Å². The van der Waals surface area contributed by atoms with Gasteiger partial charge in [0.2, 0.25) is 5.91 Å². The molecule has 2 aromatic carbocycles. The molecule has 1 aliphatic heterocycles. The zero-order chi connectivity index (χ0) is 25.2. The molecule has 1 fully saturated rings. The van der Waals surface area contributed by atoms with E-state index in [0.717, 1.165) is 22.3 Å². The number of nitrogens with zero attached hydrogens (tertiary/aromatic N) is 1. The van der Waals surface area contributed by atoms with Crippen molar-refractivity contribution in [2.75, 3.05) is 26.4 Å². The van der Waals surface area contributed by atoms with E-state index in [1.807, 2.05) is 57.2 Å². The molecule has 2 aliphatic rings. The van der Waals surface area contributed by atoms with Crippen molar-refractivity contribution in [2.24, 2.45) is 5.41 Å². The zero-order valence-electron chi connectivity index (χ0n) is 20.3. The Hall–Kier alpha value is -3.39. The third-order valence-electron chi connectivity index (χ3n) is 6.64. The number of hydrogen-bond donors (Lipinski definition) is 2. The molecule has 186 valence electrons. The number of carbonyl (C=O) groups excluding carboxylic acids is 2. The summed E-state index contributed by atoms with van der Waals surface area (Å²) in [6.07, 6.45) is -0.892. The summed E-state index contributed by atoms with van der Waals surface area (Å²) in [6.45, 7) is 6.45. The number of amides is 2. The second-order valence-electron chi connectivity index (χ2n) is 10.1. The summed E-state index contributed by atoms with van der Waals surface area (Å²) < 4.78 is 11.0. The first kappa shape index (κ1) is 24.7. The van der Waals surface area contributed by atoms with Crippen molar-refractivity contribution < 1.29 is 29.0 Å². The van der Waals surface area contributed by atoms with Crippen LogP contribution in [0.2, 0.25) is 0 Å². The molecule has 2 atom stereocenters. The van der Waals surface area contributed by atoms with Crippen LogP contribution < -0.4 is 5.32 Å². The van der Waals surface area contributed by atoms with Gasteiger partial charge in [-0.2, -0.15) is 0 Å². The van der Waals surface area contributed by atoms with Crippen LogP contribution in [0.1, 0.15) is 44.2 Å². The smallest absolute Gasteiger partial charge is 0.407 e. The van der Waals surface area contributed by atoms with Gasteiger partial charge in [0.15, 0.2) is 0 Å². The van der Waals surface area contributed by atoms with Crippen molar-refractivity contribution in [1.29, 1.82) is 0 Å². The number of nitrogens with one attached hydrogen (secondary N) is 1. The first-order chi connectivity index (χ1) is 16.7. The van der Waals surface area contributed by atoms with Crippen molar-refractivity contribution in [3.63, 3.8) is 0 Å². The highest BCUT2D eigenvalue weighted by Gasteiger charge is 2.40. The van der Waals surface area contributed by atoms with Gasteiger partial charge in [-0.1, -0.05) is 69.3 Å². The molecule has 0 spiro atoms. The molecule has 2 N–H and O–H groups in total. The van der Waals surface area contributed by atoms with Crippen molar-refractivity contribution in [3.05, 3.63) is 59.7 Å². The second-order valence-corrected chi connectivity index (χ2v) is 10.1. The third-order valence-corrected chi connectivity index (χ3v) is 6.64. The molecule has 35 heavy (non-hydrogen) atoms. The van der Waals surface area contributed by atoms with E-state index in [0.29, 0.717) is 6.61 Å². The van der Waals surface area contributed by atoms with Gasteiger partial charge in [0.25, 0.3) is 0 Å². The van der Waals surface area contributed by atoms with Gasteiger partial charge in [-0.15, -0.1) is 0 Å². The standard InChI is InChI=1S/C27H32N2O6/c1-27(2,3)24(25(32)29-12-13-34-15-17(29)14-23(30)31)28-26(33)35-16-22-20-10-6-4-8-18(20)19-9-5-7-11-21(19)22/h4-11,17,22,24H,12-16H2,1-3H3,(H,28,33)(H,30,31)/t17?,24-/m1/s1. The molecule has 4 rings (SSSR count). The predicted molar refractivity (Wildman–Crippen MR) is 130 cm³/mol. The predicted octanol–water partition coefficient (Wildman–Crippen LogP) is 3.64. The van der Waals surface area contributed by atoms with E-state index in [1.165, 1.54) is 4.90 Å². The summed E-state index contributed by atoms with van der Waals surface area (Å²) in [7, 11) is 0. The van der Waals surface area contributed by atoms with E-state index in [9.17, 15) is 19.5 Å². The maximum atomic E-state index is 13.5. The van der Waals surface area contributed by atoms with Gasteiger partial charge in [-0.3, -0.25) is 9.59 Å². The number of benzene rings is 2. The van der Waals surface area contributed by atoms with Crippen LogP contribution in [0.5, 0.6) is 0 Å². The number of rotatable bonds is 6. The van der Waals surface area contributed by atoms with E-state index < -0.39 is 29.6 Å². The number of carboxylic acid groups (broad SMARTS) is 1. The van der Waals surface area contributed by atoms with E-state index >= 15 is 0 Å². The first-order valence-corrected chi connectivity index (χ1v) is 11.9. The van der Waals surface area contributed by atoms with Crippen LogP contribution in [0.25, 0.3) is 11.1 Å². The lowest BCUT2D eigenvalue weighted by molar-refractivity contribution is -0.149. The summed E-state index contributed by atoms with van der Waals surface area (Å²) in [6, 6.07) is 14.7. The normalized spacial score (nSPS) is 18.4. The fourth-order valence-corrected chi connectivity index (χ4v) is 4.89. The lowest BCUT2D eigenvalue weighted by Gasteiger charge is -2.40. The number of fused-ring (bicyclic) bond motifs is 3. The minimum Gasteiger partial charge on any atom is -0.481 e. The number of alkyl carbamates (subject to hydrolysis) is 1. The fourth-order valence-electron chi connectivity index (χ4n) is 4.89. The summed E-state index contributed by atoms with van der Waals surface area (Å²) in [4.78, 5) is 39.2. The Kier molecular flexibility index (Phi) is 7.12. The largest absolute Gasteiger partial charge is 0.481 e. The number of morpholine rings is 1. The summed E-state index contributed by atoms with van der Waals surface area (Å²) >= 11 is 0. The van der Waals surface area contributed by atoms with E-state index in [1.54, 1.807) is 0 Å². The zero-order valence-corrected chi connectivity index (χ0v) is 20.3. The van der Waals surface area contributed by atoms with Gasteiger partial charge in [-0.05, 0) is 27.7 Å². The molecule has 0 radical (unpaired) electrons. The average Bonchev–Trinajstić information content (AvgIpc) is 3.14. The molecule has 2 amide bonds. The number of aliphatic carboxylic acids is 1. The lowest BCUT2D eigenvalue weighted by Crippen LogP contribution is -2.60. The van der Waals surface area contributed by atoms with E-state index in [4.69, 9.17) is 9.47 Å². The number of carboxylic acids is 1. The fraction of sp³-hybridized carbons (Fsp3) is 0.444. The summed E-state index contributed by atoms with van der Waals surface area (Å²) in [5.41, 5.74) is 3.87. The molecule has 8 heteroatoms. The minimum absolute atomic E-state index is 0.0869. The minimum atomic E-state index is -1.00. The summed E-state index contributed by atoms with van der Waals surface area (Å²) in [5, 5.41) is 12.0. The second kappa shape index (κ2) is 10.1. The van der Waals surface area contributed by atoms with Crippen LogP contribution in [0.4, 0.5) is 4.79 Å². The maximum absolute atomic E-state index is 13.5. The average molecular weight is 481 g/mol. The molecule has 0 bridgehead atoms. The highest BCUT2D eigenvalue weighted by Crippen LogP contribution is 2.44. The number of hydrogen-bond acceptors (Lipinski definition) is 5. The molecule has 1 heterocycles. The quantitative estimate of drug-likeness (QED) is 0.654. The molecule has 8 nitrogen and oxygen atoms in total. The highest BCUT2D eigenvalue weighted by molar-refractivity contribution is 5.87. The van der Waals surface area contributed by atoms with Crippen LogP contribution in [-0.2, 0) is 19.1 Å². The molecule has 0 aromatic heterocycles. The van der Waals surface area contributed by atoms with Gasteiger partial charge in [0.05, 0.1) is 25.7 Å². The Balaban J connectivity index is 1.46. The van der Waals surface area contributed by atoms with Crippen LogP contribution in [0.15, 0.2) is 48.5 Å². The van der Waals surface area contributed by atoms with Crippen molar-refractivity contribution >= 4 is 18.0 Å². The van der Waals surface area contributed by atoms with E-state index in [-0.39, 0.29) is 38.0 Å². The Morgan fingerprint density at radius 3 is 2.26 bits per heavy atom. The molecule has 1 unspecified atom stereocenters. The van der Waals surface area contributed by atoms with E-state index in [2.05, 4.69) is 17.4 Å². The Bertz CT molecular complexity index is 1060. The van der Waals surface area contributed by atoms with Gasteiger partial charge >= 0.3 is 12.1 Å². The molecule has 1 saturated heterocycles. The van der Waals surface area contributed by atoms with Crippen molar-refractivity contribution in [2.45, 2.75) is 45.2 Å². The number of ether oxygens (including phenoxy) is 2. The van der Waals surface area contributed by atoms with Gasteiger partial charge < -0.3 is 24.8 Å². The molecule has 1 aliphatic carbocycles. The highest BCUT2D eigenvalue weighted by atomic mass is 16.5. The molecule has 0 saturated carbocycles. The SMILES string of the molecule is CC(C)(C)[C@H](NC(=O)OCC1c2ccccc2-c2ccccc21)C(=O)N1CCOCC1CC(=O)O. The van der Waals surface area contributed by atoms with Crippen molar-refractivity contribution in [3.8, 4) is 11.1 Å². The molecule has 2 aromatic rings. The first-order valence-electron chi connectivity index (χ1n) is 11.9. The van der Waals surface area contributed by atoms with Crippen LogP contribution in [0, 0.1) is 5.41 Å². The number of carbonyl (C=O) groups is 3. The lowest BCUT2D eigenvalue weighted by atomic mass is 9.85. The Morgan fingerprint density at radius 2 is 1.69 bits per heavy atom. The monoisotopic (exact) mass is 480 g/mol. The van der Waals surface area contributed by atoms with Gasteiger partial charge in [-0.25, -0.2) is 4.79 Å². The maximum Gasteiger partial charge on any atom is 0.407 e. The van der Waals surface area contributed by atoms with Gasteiger partial charge in [0, 0.05) is 12.5 Å². The van der Waals surface area contributed by atoms with Gasteiger partial charge in [0.1, 0.15) is 12.6 Å². The van der Waals surface area contributed by atoms with Crippen LogP contribution in [0.3, 0.4) is 0 Å². The van der Waals surface area contributed by atoms with Crippen molar-refractivity contribution in [1.82, 2.24) is 10.2 Å². The van der Waals surface area contributed by atoms with Crippen LogP contribution >= 0.6 is 0 Å². The Morgan fingerprint density at radius 1 is 1.09 bits per heavy atom. The summed E-state index contributed by atoms with van der Waals surface area (Å²) in [5.74, 6) is -1.42.